The van der Waals surface area contributed by atoms with Crippen LogP contribution in [0.15, 0.2) is 59.8 Å². The summed E-state index contributed by atoms with van der Waals surface area (Å²) < 4.78 is 35.3. The Labute approximate surface area is 199 Å². The van der Waals surface area contributed by atoms with Gasteiger partial charge in [0.15, 0.2) is 0 Å². The van der Waals surface area contributed by atoms with E-state index in [0.717, 1.165) is 5.56 Å². The van der Waals surface area contributed by atoms with Crippen LogP contribution in [0.4, 0.5) is 0 Å². The van der Waals surface area contributed by atoms with Crippen molar-refractivity contribution in [1.29, 1.82) is 0 Å². The van der Waals surface area contributed by atoms with E-state index in [-0.39, 0.29) is 11.4 Å². The fourth-order valence-electron chi connectivity index (χ4n) is 3.12. The molecular formula is C22H26Cl2N4O3S. The van der Waals surface area contributed by atoms with E-state index in [0.29, 0.717) is 41.3 Å². The van der Waals surface area contributed by atoms with Gasteiger partial charge in [-0.25, -0.2) is 13.4 Å². The maximum atomic E-state index is 13.4. The average Bonchev–Trinajstić information content (AvgIpc) is 3.19. The van der Waals surface area contributed by atoms with Crippen LogP contribution >= 0.6 is 23.2 Å². The molecule has 0 amide bonds. The van der Waals surface area contributed by atoms with Crippen molar-refractivity contribution >= 4 is 33.2 Å². The van der Waals surface area contributed by atoms with Crippen LogP contribution in [-0.4, -0.2) is 61.5 Å². The van der Waals surface area contributed by atoms with E-state index in [1.54, 1.807) is 49.7 Å². The van der Waals surface area contributed by atoms with E-state index in [4.69, 9.17) is 27.9 Å². The van der Waals surface area contributed by atoms with Gasteiger partial charge >= 0.3 is 0 Å². The highest BCUT2D eigenvalue weighted by Gasteiger charge is 2.26. The van der Waals surface area contributed by atoms with E-state index in [1.165, 1.54) is 4.31 Å². The zero-order chi connectivity index (χ0) is 23.3. The molecule has 0 spiro atoms. The van der Waals surface area contributed by atoms with Crippen molar-refractivity contribution < 1.29 is 13.2 Å². The first-order valence-corrected chi connectivity index (χ1v) is 12.1. The van der Waals surface area contributed by atoms with Crippen LogP contribution in [0.5, 0.6) is 5.75 Å². The highest BCUT2D eigenvalue weighted by molar-refractivity contribution is 7.89. The summed E-state index contributed by atoms with van der Waals surface area (Å²) in [4.78, 5) is 6.56. The van der Waals surface area contributed by atoms with E-state index < -0.39 is 10.0 Å². The second kappa shape index (κ2) is 10.7. The SMILES string of the molecule is COc1ccc(S(=O)(=O)N(CCN(C)C)Cc2nccn2Cc2ccc(Cl)cc2Cl)cc1. The van der Waals surface area contributed by atoms with Crippen LogP contribution in [0.2, 0.25) is 10.0 Å². The number of halogens is 2. The van der Waals surface area contributed by atoms with Crippen molar-refractivity contribution in [3.8, 4) is 5.75 Å². The lowest BCUT2D eigenvalue weighted by atomic mass is 10.2. The van der Waals surface area contributed by atoms with Crippen LogP contribution in [0, 0.1) is 0 Å². The number of nitrogens with zero attached hydrogens (tertiary/aromatic N) is 4. The Morgan fingerprint density at radius 1 is 1.06 bits per heavy atom. The number of likely N-dealkylation sites (N-methyl/N-ethyl adjacent to an activating group) is 1. The first-order chi connectivity index (χ1) is 15.2. The van der Waals surface area contributed by atoms with E-state index >= 15 is 0 Å². The Morgan fingerprint density at radius 3 is 2.41 bits per heavy atom. The Bertz CT molecular complexity index is 1150. The molecule has 1 heterocycles. The van der Waals surface area contributed by atoms with E-state index in [1.807, 2.05) is 35.8 Å². The third kappa shape index (κ3) is 6.02. The molecule has 0 saturated carbocycles. The van der Waals surface area contributed by atoms with Crippen molar-refractivity contribution in [2.45, 2.75) is 18.0 Å². The molecular weight excluding hydrogens is 471 g/mol. The van der Waals surface area contributed by atoms with Crippen LogP contribution in [0.3, 0.4) is 0 Å². The first kappa shape index (κ1) is 24.5. The van der Waals surface area contributed by atoms with Gasteiger partial charge in [-0.2, -0.15) is 4.31 Å². The van der Waals surface area contributed by atoms with Gasteiger partial charge in [0.05, 0.1) is 25.1 Å². The molecule has 0 N–H and O–H groups in total. The topological polar surface area (TPSA) is 67.7 Å². The monoisotopic (exact) mass is 496 g/mol. The fraction of sp³-hybridized carbons (Fsp3) is 0.318. The molecule has 10 heteroatoms. The lowest BCUT2D eigenvalue weighted by molar-refractivity contribution is 0.323. The lowest BCUT2D eigenvalue weighted by Gasteiger charge is -2.24. The van der Waals surface area contributed by atoms with Crippen molar-refractivity contribution in [2.24, 2.45) is 0 Å². The molecule has 0 radical (unpaired) electrons. The van der Waals surface area contributed by atoms with Crippen LogP contribution in [0.1, 0.15) is 11.4 Å². The predicted molar refractivity (Wildman–Crippen MR) is 127 cm³/mol. The number of aromatic nitrogens is 2. The standard InChI is InChI=1S/C22H26Cl2N4O3S/c1-26(2)12-13-28(32(29,30)20-8-6-19(31-3)7-9-20)16-22-25-10-11-27(22)15-17-4-5-18(23)14-21(17)24/h4-11,14H,12-13,15-16H2,1-3H3. The molecule has 1 aromatic heterocycles. The minimum atomic E-state index is -3.75. The molecule has 0 aliphatic rings. The van der Waals surface area contributed by atoms with Crippen LogP contribution in [-0.2, 0) is 23.1 Å². The highest BCUT2D eigenvalue weighted by Crippen LogP contribution is 2.24. The number of sulfonamides is 1. The van der Waals surface area contributed by atoms with Crippen LogP contribution < -0.4 is 4.74 Å². The number of rotatable bonds is 10. The van der Waals surface area contributed by atoms with Gasteiger partial charge in [-0.3, -0.25) is 0 Å². The highest BCUT2D eigenvalue weighted by atomic mass is 35.5. The number of methoxy groups -OCH3 is 1. The number of hydrogen-bond donors (Lipinski definition) is 0. The van der Waals surface area contributed by atoms with Gasteiger partial charge in [-0.05, 0) is 56.1 Å². The smallest absolute Gasteiger partial charge is 0.243 e. The number of benzene rings is 2. The molecule has 32 heavy (non-hydrogen) atoms. The predicted octanol–water partition coefficient (Wildman–Crippen LogP) is 4.00. The Hall–Kier alpha value is -2.10. The third-order valence-corrected chi connectivity index (χ3v) is 7.42. The molecule has 2 aromatic carbocycles. The van der Waals surface area contributed by atoms with Crippen molar-refractivity contribution in [1.82, 2.24) is 18.8 Å². The summed E-state index contributed by atoms with van der Waals surface area (Å²) in [7, 11) is 1.60. The largest absolute Gasteiger partial charge is 0.497 e. The molecule has 3 aromatic rings. The van der Waals surface area contributed by atoms with Gasteiger partial charge < -0.3 is 14.2 Å². The Morgan fingerprint density at radius 2 is 1.78 bits per heavy atom. The zero-order valence-corrected chi connectivity index (χ0v) is 20.5. The van der Waals surface area contributed by atoms with Gasteiger partial charge in [-0.15, -0.1) is 0 Å². The van der Waals surface area contributed by atoms with E-state index in [9.17, 15) is 8.42 Å². The molecule has 0 fully saturated rings. The summed E-state index contributed by atoms with van der Waals surface area (Å²) in [6.45, 7) is 1.46. The molecule has 7 nitrogen and oxygen atoms in total. The first-order valence-electron chi connectivity index (χ1n) is 9.93. The minimum absolute atomic E-state index is 0.125. The minimum Gasteiger partial charge on any atom is -0.497 e. The number of ether oxygens (including phenoxy) is 1. The number of hydrogen-bond acceptors (Lipinski definition) is 5. The normalized spacial score (nSPS) is 12.0. The molecule has 0 unspecified atom stereocenters. The summed E-state index contributed by atoms with van der Waals surface area (Å²) in [6.07, 6.45) is 3.47. The molecule has 0 bridgehead atoms. The molecule has 0 aliphatic carbocycles. The van der Waals surface area contributed by atoms with Gasteiger partial charge in [0.2, 0.25) is 10.0 Å². The molecule has 0 atom stereocenters. The summed E-state index contributed by atoms with van der Waals surface area (Å²) in [6, 6.07) is 11.7. The maximum Gasteiger partial charge on any atom is 0.243 e. The van der Waals surface area contributed by atoms with Gasteiger partial charge in [-0.1, -0.05) is 29.3 Å². The maximum absolute atomic E-state index is 13.4. The lowest BCUT2D eigenvalue weighted by Crippen LogP contribution is -2.37. The zero-order valence-electron chi connectivity index (χ0n) is 18.2. The molecule has 172 valence electrons. The molecule has 3 rings (SSSR count). The van der Waals surface area contributed by atoms with Crippen molar-refractivity contribution in [3.05, 3.63) is 76.3 Å². The summed E-state index contributed by atoms with van der Waals surface area (Å²) >= 11 is 12.3. The van der Waals surface area contributed by atoms with Crippen LogP contribution in [0.25, 0.3) is 0 Å². The van der Waals surface area contributed by atoms with Gasteiger partial charge in [0.1, 0.15) is 11.6 Å². The van der Waals surface area contributed by atoms with Gasteiger partial charge in [0.25, 0.3) is 0 Å². The summed E-state index contributed by atoms with van der Waals surface area (Å²) in [5, 5.41) is 1.11. The average molecular weight is 497 g/mol. The summed E-state index contributed by atoms with van der Waals surface area (Å²) in [5.41, 5.74) is 0.869. The van der Waals surface area contributed by atoms with Crippen molar-refractivity contribution in [3.63, 3.8) is 0 Å². The quantitative estimate of drug-likeness (QED) is 0.424. The fourth-order valence-corrected chi connectivity index (χ4v) is 4.97. The van der Waals surface area contributed by atoms with E-state index in [2.05, 4.69) is 4.98 Å². The molecule has 0 saturated heterocycles. The second-order valence-corrected chi connectivity index (χ2v) is 10.3. The molecule has 0 aliphatic heterocycles. The Balaban J connectivity index is 1.88. The van der Waals surface area contributed by atoms with Crippen molar-refractivity contribution in [2.75, 3.05) is 34.3 Å². The summed E-state index contributed by atoms with van der Waals surface area (Å²) in [5.74, 6) is 1.21. The Kier molecular flexibility index (Phi) is 8.19. The second-order valence-electron chi connectivity index (χ2n) is 7.52. The third-order valence-electron chi connectivity index (χ3n) is 4.97. The number of imidazole rings is 1. The van der Waals surface area contributed by atoms with Gasteiger partial charge in [0, 0.05) is 35.5 Å².